The van der Waals surface area contributed by atoms with Crippen molar-refractivity contribution in [3.63, 3.8) is 0 Å². The van der Waals surface area contributed by atoms with Crippen LogP contribution in [0.5, 0.6) is 0 Å². The maximum absolute atomic E-state index is 12.3. The molecule has 0 saturated carbocycles. The molecular weight excluding hydrogens is 340 g/mol. The van der Waals surface area contributed by atoms with Crippen LogP contribution in [0.3, 0.4) is 0 Å². The van der Waals surface area contributed by atoms with E-state index in [1.807, 2.05) is 36.4 Å². The Labute approximate surface area is 147 Å². The average Bonchev–Trinajstić information content (AvgIpc) is 3.29. The molecule has 0 unspecified atom stereocenters. The normalized spacial score (nSPS) is 10.9. The van der Waals surface area contributed by atoms with E-state index >= 15 is 0 Å². The molecule has 0 saturated heterocycles. The molecule has 6 nitrogen and oxygen atoms in total. The Bertz CT molecular complexity index is 1050. The van der Waals surface area contributed by atoms with Gasteiger partial charge in [-0.2, -0.15) is 5.10 Å². The van der Waals surface area contributed by atoms with Crippen molar-refractivity contribution in [1.82, 2.24) is 20.7 Å². The van der Waals surface area contributed by atoms with E-state index < -0.39 is 0 Å². The van der Waals surface area contributed by atoms with E-state index in [2.05, 4.69) is 20.7 Å². The minimum Gasteiger partial charge on any atom is -0.355 e. The van der Waals surface area contributed by atoms with Crippen molar-refractivity contribution in [2.45, 2.75) is 6.54 Å². The minimum absolute atomic E-state index is 0.217. The predicted molar refractivity (Wildman–Crippen MR) is 94.2 cm³/mol. The number of nitrogens with one attached hydrogen (secondary N) is 2. The minimum atomic E-state index is -0.320. The number of carbonyl (C=O) groups is 1. The number of halogens is 1. The zero-order valence-corrected chi connectivity index (χ0v) is 13.7. The van der Waals surface area contributed by atoms with Gasteiger partial charge in [-0.05, 0) is 29.8 Å². The Kier molecular flexibility index (Phi) is 3.95. The molecule has 25 heavy (non-hydrogen) atoms. The first-order valence-corrected chi connectivity index (χ1v) is 8.00. The third-order valence-electron chi connectivity index (χ3n) is 3.86. The summed E-state index contributed by atoms with van der Waals surface area (Å²) in [5, 5.41) is 15.1. The van der Waals surface area contributed by atoms with E-state index in [1.165, 1.54) is 0 Å². The second-order valence-electron chi connectivity index (χ2n) is 5.52. The summed E-state index contributed by atoms with van der Waals surface area (Å²) in [6.07, 6.45) is 1.73. The summed E-state index contributed by atoms with van der Waals surface area (Å²) < 4.78 is 5.31. The maximum Gasteiger partial charge on any atom is 0.273 e. The van der Waals surface area contributed by atoms with E-state index in [0.29, 0.717) is 17.3 Å². The van der Waals surface area contributed by atoms with Gasteiger partial charge in [0, 0.05) is 28.6 Å². The van der Waals surface area contributed by atoms with Crippen molar-refractivity contribution in [1.29, 1.82) is 0 Å². The highest BCUT2D eigenvalue weighted by Crippen LogP contribution is 2.24. The molecule has 7 heteroatoms. The summed E-state index contributed by atoms with van der Waals surface area (Å²) >= 11 is 6.08. The smallest absolute Gasteiger partial charge is 0.273 e. The van der Waals surface area contributed by atoms with Gasteiger partial charge >= 0.3 is 0 Å². The molecule has 0 aliphatic heterocycles. The molecule has 0 bridgehead atoms. The number of aromatic amines is 1. The lowest BCUT2D eigenvalue weighted by molar-refractivity contribution is 0.0942. The van der Waals surface area contributed by atoms with Gasteiger partial charge in [0.05, 0.1) is 11.7 Å². The molecule has 0 fully saturated rings. The lowest BCUT2D eigenvalue weighted by Gasteiger charge is -2.04. The van der Waals surface area contributed by atoms with E-state index in [4.69, 9.17) is 16.1 Å². The number of benzene rings is 2. The molecule has 0 atom stereocenters. The fourth-order valence-corrected chi connectivity index (χ4v) is 2.72. The Balaban J connectivity index is 1.50. The third-order valence-corrected chi connectivity index (χ3v) is 4.23. The molecule has 4 rings (SSSR count). The molecule has 0 spiro atoms. The summed E-state index contributed by atoms with van der Waals surface area (Å²) in [5.41, 5.74) is 2.81. The first-order valence-electron chi connectivity index (χ1n) is 7.62. The van der Waals surface area contributed by atoms with Crippen molar-refractivity contribution < 1.29 is 9.32 Å². The van der Waals surface area contributed by atoms with Gasteiger partial charge in [0.2, 0.25) is 0 Å². The summed E-state index contributed by atoms with van der Waals surface area (Å²) in [5.74, 6) is 0.199. The first kappa shape index (κ1) is 15.4. The van der Waals surface area contributed by atoms with Crippen LogP contribution in [0.1, 0.15) is 16.1 Å². The molecule has 2 aromatic heterocycles. The van der Waals surface area contributed by atoms with Gasteiger partial charge in [0.1, 0.15) is 0 Å². The second kappa shape index (κ2) is 6.41. The quantitative estimate of drug-likeness (QED) is 0.585. The Morgan fingerprint density at radius 2 is 2.08 bits per heavy atom. The predicted octanol–water partition coefficient (Wildman–Crippen LogP) is 3.80. The van der Waals surface area contributed by atoms with Gasteiger partial charge in [-0.1, -0.05) is 35.0 Å². The summed E-state index contributed by atoms with van der Waals surface area (Å²) in [7, 11) is 0. The van der Waals surface area contributed by atoms with Crippen LogP contribution in [0.4, 0.5) is 0 Å². The molecule has 0 aliphatic rings. The maximum atomic E-state index is 12.3. The highest BCUT2D eigenvalue weighted by atomic mass is 35.5. The van der Waals surface area contributed by atoms with Crippen molar-refractivity contribution in [2.75, 3.05) is 0 Å². The average molecular weight is 353 g/mol. The molecule has 124 valence electrons. The molecule has 2 aromatic carbocycles. The monoisotopic (exact) mass is 352 g/mol. The molecule has 4 aromatic rings. The lowest BCUT2D eigenvalue weighted by atomic mass is 10.1. The van der Waals surface area contributed by atoms with Crippen LogP contribution in [-0.2, 0) is 6.54 Å². The second-order valence-corrected chi connectivity index (χ2v) is 5.93. The first-order chi connectivity index (χ1) is 12.2. The molecule has 1 amide bonds. The molecule has 0 aliphatic carbocycles. The molecule has 0 radical (unpaired) electrons. The van der Waals surface area contributed by atoms with Crippen molar-refractivity contribution in [3.05, 3.63) is 71.0 Å². The number of fused-ring (bicyclic) bond motifs is 1. The summed E-state index contributed by atoms with van der Waals surface area (Å²) in [6, 6.07) is 14.7. The number of aromatic nitrogens is 3. The Morgan fingerprint density at radius 3 is 2.96 bits per heavy atom. The largest absolute Gasteiger partial charge is 0.355 e. The van der Waals surface area contributed by atoms with Crippen LogP contribution in [0.25, 0.3) is 22.2 Å². The van der Waals surface area contributed by atoms with Gasteiger partial charge in [-0.25, -0.2) is 0 Å². The van der Waals surface area contributed by atoms with E-state index in [0.717, 1.165) is 22.0 Å². The van der Waals surface area contributed by atoms with Gasteiger partial charge in [-0.3, -0.25) is 9.89 Å². The SMILES string of the molecule is O=C(NCc1ccccc1Cl)c1cc(-c2ccc3[nH]ncc3c2)on1. The lowest BCUT2D eigenvalue weighted by Crippen LogP contribution is -2.23. The van der Waals surface area contributed by atoms with Crippen LogP contribution in [-0.4, -0.2) is 21.3 Å². The van der Waals surface area contributed by atoms with Crippen LogP contribution >= 0.6 is 11.6 Å². The van der Waals surface area contributed by atoms with Crippen molar-refractivity contribution >= 4 is 28.4 Å². The number of carbonyl (C=O) groups excluding carboxylic acids is 1. The van der Waals surface area contributed by atoms with Crippen molar-refractivity contribution in [2.24, 2.45) is 0 Å². The van der Waals surface area contributed by atoms with Crippen LogP contribution in [0.15, 0.2) is 59.3 Å². The van der Waals surface area contributed by atoms with E-state index in [-0.39, 0.29) is 11.6 Å². The fraction of sp³-hybridized carbons (Fsp3) is 0.0556. The van der Waals surface area contributed by atoms with Crippen LogP contribution < -0.4 is 5.32 Å². The number of hydrogen-bond donors (Lipinski definition) is 2. The van der Waals surface area contributed by atoms with Gasteiger partial charge < -0.3 is 9.84 Å². The van der Waals surface area contributed by atoms with E-state index in [9.17, 15) is 4.79 Å². The van der Waals surface area contributed by atoms with Crippen LogP contribution in [0, 0.1) is 0 Å². The summed E-state index contributed by atoms with van der Waals surface area (Å²) in [6.45, 7) is 0.321. The highest BCUT2D eigenvalue weighted by Gasteiger charge is 2.14. The number of hydrogen-bond acceptors (Lipinski definition) is 4. The zero-order chi connectivity index (χ0) is 17.2. The molecule has 2 N–H and O–H groups in total. The number of amides is 1. The van der Waals surface area contributed by atoms with Crippen molar-refractivity contribution in [3.8, 4) is 11.3 Å². The van der Waals surface area contributed by atoms with Gasteiger partial charge in [-0.15, -0.1) is 0 Å². The molecular formula is C18H13ClN4O2. The van der Waals surface area contributed by atoms with Crippen LogP contribution in [0.2, 0.25) is 5.02 Å². The zero-order valence-electron chi connectivity index (χ0n) is 13.0. The summed E-state index contributed by atoms with van der Waals surface area (Å²) in [4.78, 5) is 12.3. The topological polar surface area (TPSA) is 83.8 Å². The molecule has 2 heterocycles. The highest BCUT2D eigenvalue weighted by molar-refractivity contribution is 6.31. The Hall–Kier alpha value is -3.12. The number of H-pyrrole nitrogens is 1. The van der Waals surface area contributed by atoms with Gasteiger partial charge in [0.15, 0.2) is 11.5 Å². The standard InChI is InChI=1S/C18H13ClN4O2/c19-14-4-2-1-3-12(14)9-20-18(24)16-8-17(25-23-16)11-5-6-15-13(7-11)10-21-22-15/h1-8,10H,9H2,(H,20,24)(H,21,22). The Morgan fingerprint density at radius 1 is 1.20 bits per heavy atom. The number of nitrogens with zero attached hydrogens (tertiary/aromatic N) is 2. The fourth-order valence-electron chi connectivity index (χ4n) is 2.52. The van der Waals surface area contributed by atoms with E-state index in [1.54, 1.807) is 18.3 Å². The van der Waals surface area contributed by atoms with Gasteiger partial charge in [0.25, 0.3) is 5.91 Å². The number of rotatable bonds is 4. The third kappa shape index (κ3) is 3.12.